The first-order chi connectivity index (χ1) is 7.09. The summed E-state index contributed by atoms with van der Waals surface area (Å²) in [6, 6.07) is 4.59. The second-order valence-electron chi connectivity index (χ2n) is 3.39. The zero-order chi connectivity index (χ0) is 11.0. The van der Waals surface area contributed by atoms with Crippen molar-refractivity contribution in [3.8, 4) is 11.4 Å². The smallest absolute Gasteiger partial charge is 0.142 e. The first-order valence-corrected chi connectivity index (χ1v) is 4.95. The number of benzene rings is 1. The van der Waals surface area contributed by atoms with E-state index in [4.69, 9.17) is 11.6 Å². The Morgan fingerprint density at radius 2 is 2.07 bits per heavy atom. The average Bonchev–Trinajstić information content (AvgIpc) is 2.46. The van der Waals surface area contributed by atoms with E-state index in [0.29, 0.717) is 16.4 Å². The van der Waals surface area contributed by atoms with Gasteiger partial charge in [-0.2, -0.15) is 0 Å². The van der Waals surface area contributed by atoms with Crippen LogP contribution in [-0.4, -0.2) is 9.97 Å². The Labute approximate surface area is 92.1 Å². The van der Waals surface area contributed by atoms with E-state index in [1.54, 1.807) is 12.1 Å². The molecule has 1 heterocycles. The average molecular weight is 225 g/mol. The normalized spacial score (nSPS) is 10.7. The van der Waals surface area contributed by atoms with Crippen LogP contribution in [0.15, 0.2) is 18.2 Å². The quantitative estimate of drug-likeness (QED) is 0.789. The van der Waals surface area contributed by atoms with Crippen LogP contribution in [0.1, 0.15) is 11.4 Å². The zero-order valence-corrected chi connectivity index (χ0v) is 9.19. The number of aromatic amines is 1. The molecule has 0 saturated heterocycles. The Balaban J connectivity index is 2.63. The van der Waals surface area contributed by atoms with Crippen LogP contribution in [0.5, 0.6) is 0 Å². The number of nitrogens with zero attached hydrogens (tertiary/aromatic N) is 1. The van der Waals surface area contributed by atoms with Gasteiger partial charge in [-0.25, -0.2) is 9.37 Å². The summed E-state index contributed by atoms with van der Waals surface area (Å²) in [6.45, 7) is 3.75. The van der Waals surface area contributed by atoms with Crippen molar-refractivity contribution in [2.75, 3.05) is 0 Å². The van der Waals surface area contributed by atoms with Crippen molar-refractivity contribution >= 4 is 11.6 Å². The van der Waals surface area contributed by atoms with Crippen LogP contribution in [0.3, 0.4) is 0 Å². The molecule has 0 saturated carbocycles. The highest BCUT2D eigenvalue weighted by molar-refractivity contribution is 6.33. The molecule has 1 aromatic heterocycles. The first kappa shape index (κ1) is 10.2. The molecule has 1 N–H and O–H groups in total. The molecule has 0 bridgehead atoms. The molecule has 0 amide bonds. The number of H-pyrrole nitrogens is 1. The Morgan fingerprint density at radius 1 is 1.33 bits per heavy atom. The first-order valence-electron chi connectivity index (χ1n) is 4.57. The maximum absolute atomic E-state index is 13.5. The van der Waals surface area contributed by atoms with E-state index in [-0.39, 0.29) is 5.82 Å². The Morgan fingerprint density at radius 3 is 2.60 bits per heavy atom. The summed E-state index contributed by atoms with van der Waals surface area (Å²) in [6.07, 6.45) is 0. The van der Waals surface area contributed by atoms with Crippen LogP contribution in [0.4, 0.5) is 4.39 Å². The third-order valence-corrected chi connectivity index (χ3v) is 2.64. The second-order valence-corrected chi connectivity index (χ2v) is 3.80. The highest BCUT2D eigenvalue weighted by Crippen LogP contribution is 2.28. The van der Waals surface area contributed by atoms with E-state index in [0.717, 1.165) is 11.4 Å². The van der Waals surface area contributed by atoms with Crippen molar-refractivity contribution in [3.05, 3.63) is 40.4 Å². The van der Waals surface area contributed by atoms with E-state index in [2.05, 4.69) is 9.97 Å². The van der Waals surface area contributed by atoms with Gasteiger partial charge in [-0.05, 0) is 26.0 Å². The summed E-state index contributed by atoms with van der Waals surface area (Å²) in [5.74, 6) is 0.115. The van der Waals surface area contributed by atoms with Crippen LogP contribution >= 0.6 is 11.6 Å². The summed E-state index contributed by atoms with van der Waals surface area (Å²) in [5, 5.41) is 0.365. The summed E-state index contributed by atoms with van der Waals surface area (Å²) in [5.41, 5.74) is 2.10. The molecule has 0 unspecified atom stereocenters. The number of halogens is 2. The molecular formula is C11H10ClFN2. The molecule has 78 valence electrons. The fourth-order valence-corrected chi connectivity index (χ4v) is 1.64. The van der Waals surface area contributed by atoms with E-state index >= 15 is 0 Å². The van der Waals surface area contributed by atoms with Gasteiger partial charge < -0.3 is 4.98 Å². The molecule has 15 heavy (non-hydrogen) atoms. The van der Waals surface area contributed by atoms with Gasteiger partial charge in [0.2, 0.25) is 0 Å². The molecule has 0 spiro atoms. The molecule has 2 rings (SSSR count). The highest BCUT2D eigenvalue weighted by atomic mass is 35.5. The van der Waals surface area contributed by atoms with Crippen molar-refractivity contribution in [3.63, 3.8) is 0 Å². The van der Waals surface area contributed by atoms with Gasteiger partial charge in [0.05, 0.1) is 16.3 Å². The standard InChI is InChI=1S/C11H10ClFN2/c1-6-7(2)15-11(14-6)10-8(12)4-3-5-9(10)13/h3-5H,1-2H3,(H,14,15). The van der Waals surface area contributed by atoms with Crippen molar-refractivity contribution in [1.82, 2.24) is 9.97 Å². The predicted molar refractivity (Wildman–Crippen MR) is 58.5 cm³/mol. The molecule has 0 aliphatic carbocycles. The minimum atomic E-state index is -0.365. The molecule has 1 aromatic carbocycles. The van der Waals surface area contributed by atoms with E-state index in [9.17, 15) is 4.39 Å². The zero-order valence-electron chi connectivity index (χ0n) is 8.44. The molecule has 0 atom stereocenters. The summed E-state index contributed by atoms with van der Waals surface area (Å²) in [4.78, 5) is 7.23. The van der Waals surface area contributed by atoms with E-state index in [1.165, 1.54) is 6.07 Å². The van der Waals surface area contributed by atoms with Crippen LogP contribution in [0.25, 0.3) is 11.4 Å². The number of rotatable bonds is 1. The summed E-state index contributed by atoms with van der Waals surface area (Å²) < 4.78 is 13.5. The molecule has 0 radical (unpaired) electrons. The lowest BCUT2D eigenvalue weighted by Gasteiger charge is -2.01. The lowest BCUT2D eigenvalue weighted by molar-refractivity contribution is 0.630. The third-order valence-electron chi connectivity index (χ3n) is 2.33. The fraction of sp³-hybridized carbons (Fsp3) is 0.182. The topological polar surface area (TPSA) is 28.7 Å². The van der Waals surface area contributed by atoms with Gasteiger partial charge in [0, 0.05) is 5.69 Å². The molecular weight excluding hydrogens is 215 g/mol. The van der Waals surface area contributed by atoms with E-state index in [1.807, 2.05) is 13.8 Å². The third kappa shape index (κ3) is 1.75. The molecule has 0 aliphatic heterocycles. The number of hydrogen-bond donors (Lipinski definition) is 1. The highest BCUT2D eigenvalue weighted by Gasteiger charge is 2.13. The van der Waals surface area contributed by atoms with Crippen LogP contribution in [0, 0.1) is 19.7 Å². The van der Waals surface area contributed by atoms with Crippen molar-refractivity contribution in [2.24, 2.45) is 0 Å². The number of aryl methyl sites for hydroxylation is 2. The van der Waals surface area contributed by atoms with E-state index < -0.39 is 0 Å². The fourth-order valence-electron chi connectivity index (χ4n) is 1.39. The number of aromatic nitrogens is 2. The van der Waals surface area contributed by atoms with Gasteiger partial charge in [-0.1, -0.05) is 17.7 Å². The molecule has 0 fully saturated rings. The van der Waals surface area contributed by atoms with Crippen molar-refractivity contribution in [2.45, 2.75) is 13.8 Å². The van der Waals surface area contributed by atoms with Gasteiger partial charge in [-0.3, -0.25) is 0 Å². The van der Waals surface area contributed by atoms with Gasteiger partial charge in [0.25, 0.3) is 0 Å². The van der Waals surface area contributed by atoms with Crippen molar-refractivity contribution in [1.29, 1.82) is 0 Å². The maximum atomic E-state index is 13.5. The lowest BCUT2D eigenvalue weighted by Crippen LogP contribution is -1.87. The van der Waals surface area contributed by atoms with Crippen molar-refractivity contribution < 1.29 is 4.39 Å². The SMILES string of the molecule is Cc1nc(-c2c(F)cccc2Cl)[nH]c1C. The Kier molecular flexibility index (Phi) is 2.49. The van der Waals surface area contributed by atoms with Gasteiger partial charge in [0.1, 0.15) is 11.6 Å². The summed E-state index contributed by atoms with van der Waals surface area (Å²) >= 11 is 5.93. The number of imidazole rings is 1. The minimum Gasteiger partial charge on any atom is -0.342 e. The molecule has 2 nitrogen and oxygen atoms in total. The lowest BCUT2D eigenvalue weighted by atomic mass is 10.2. The molecule has 4 heteroatoms. The molecule has 0 aliphatic rings. The Bertz CT molecular complexity index is 466. The van der Waals surface area contributed by atoms with Crippen LogP contribution < -0.4 is 0 Å². The number of hydrogen-bond acceptors (Lipinski definition) is 1. The minimum absolute atomic E-state index is 0.329. The largest absolute Gasteiger partial charge is 0.342 e. The number of nitrogens with one attached hydrogen (secondary N) is 1. The van der Waals surface area contributed by atoms with Gasteiger partial charge in [0.15, 0.2) is 0 Å². The van der Waals surface area contributed by atoms with Crippen LogP contribution in [0.2, 0.25) is 5.02 Å². The van der Waals surface area contributed by atoms with Gasteiger partial charge in [-0.15, -0.1) is 0 Å². The Hall–Kier alpha value is -1.35. The maximum Gasteiger partial charge on any atom is 0.142 e. The summed E-state index contributed by atoms with van der Waals surface area (Å²) in [7, 11) is 0. The van der Waals surface area contributed by atoms with Crippen LogP contribution in [-0.2, 0) is 0 Å². The predicted octanol–water partition coefficient (Wildman–Crippen LogP) is 3.49. The van der Waals surface area contributed by atoms with Gasteiger partial charge >= 0.3 is 0 Å². The molecule has 2 aromatic rings. The monoisotopic (exact) mass is 224 g/mol. The second kappa shape index (κ2) is 3.66.